The first kappa shape index (κ1) is 19.0. The lowest BCUT2D eigenvalue weighted by molar-refractivity contribution is -0.118. The molecule has 3 amide bonds. The van der Waals surface area contributed by atoms with E-state index in [1.807, 2.05) is 32.0 Å². The molecule has 3 N–H and O–H groups in total. The number of phenolic OH excluding ortho intramolecular Hbond substituents is 1. The molecule has 1 saturated heterocycles. The number of aromatic hydroxyl groups is 1. The van der Waals surface area contributed by atoms with Crippen molar-refractivity contribution in [3.63, 3.8) is 0 Å². The molecule has 0 aromatic heterocycles. The molecule has 1 fully saturated rings. The van der Waals surface area contributed by atoms with Crippen LogP contribution >= 0.6 is 11.8 Å². The topological polar surface area (TPSA) is 95.5 Å². The minimum atomic E-state index is -0.520. The number of benzene rings is 2. The van der Waals surface area contributed by atoms with Crippen molar-refractivity contribution in [2.75, 3.05) is 0 Å². The summed E-state index contributed by atoms with van der Waals surface area (Å²) in [4.78, 5) is 35.5. The Morgan fingerprint density at radius 2 is 1.85 bits per heavy atom. The molecule has 7 heteroatoms. The molecule has 1 aliphatic heterocycles. The third-order valence-corrected chi connectivity index (χ3v) is 5.50. The molecule has 1 unspecified atom stereocenters. The quantitative estimate of drug-likeness (QED) is 0.737. The highest BCUT2D eigenvalue weighted by atomic mass is 32.2. The van der Waals surface area contributed by atoms with E-state index in [9.17, 15) is 19.5 Å². The third kappa shape index (κ3) is 4.49. The van der Waals surface area contributed by atoms with E-state index in [2.05, 4.69) is 10.6 Å². The maximum Gasteiger partial charge on any atom is 0.286 e. The predicted octanol–water partition coefficient (Wildman–Crippen LogP) is 2.83. The number of hydrogen-bond acceptors (Lipinski definition) is 5. The Hall–Kier alpha value is -2.80. The normalized spacial score (nSPS) is 16.3. The van der Waals surface area contributed by atoms with E-state index in [-0.39, 0.29) is 22.5 Å². The fraction of sp³-hybridized carbons (Fsp3) is 0.250. The van der Waals surface area contributed by atoms with Gasteiger partial charge in [0, 0.05) is 6.54 Å². The van der Waals surface area contributed by atoms with Gasteiger partial charge >= 0.3 is 0 Å². The van der Waals surface area contributed by atoms with E-state index in [1.165, 1.54) is 11.6 Å². The molecular weight excluding hydrogens is 364 g/mol. The second kappa shape index (κ2) is 7.84. The van der Waals surface area contributed by atoms with E-state index in [4.69, 9.17) is 0 Å². The van der Waals surface area contributed by atoms with E-state index in [1.54, 1.807) is 12.1 Å². The highest BCUT2D eigenvalue weighted by molar-refractivity contribution is 8.15. The van der Waals surface area contributed by atoms with Crippen LogP contribution in [0.25, 0.3) is 0 Å². The predicted molar refractivity (Wildman–Crippen MR) is 104 cm³/mol. The van der Waals surface area contributed by atoms with Gasteiger partial charge < -0.3 is 10.4 Å². The van der Waals surface area contributed by atoms with E-state index in [0.29, 0.717) is 18.5 Å². The van der Waals surface area contributed by atoms with E-state index < -0.39 is 11.2 Å². The van der Waals surface area contributed by atoms with E-state index in [0.717, 1.165) is 22.9 Å². The van der Waals surface area contributed by atoms with Gasteiger partial charge in [0.2, 0.25) is 5.91 Å². The first-order chi connectivity index (χ1) is 12.8. The summed E-state index contributed by atoms with van der Waals surface area (Å²) in [5, 5.41) is 14.2. The molecular formula is C20H20N2O4S. The van der Waals surface area contributed by atoms with Gasteiger partial charge in [-0.1, -0.05) is 36.0 Å². The zero-order chi connectivity index (χ0) is 19.6. The minimum absolute atomic E-state index is 0.129. The summed E-state index contributed by atoms with van der Waals surface area (Å²) in [6.45, 7) is 4.38. The van der Waals surface area contributed by atoms with Gasteiger partial charge in [0.15, 0.2) is 0 Å². The number of amides is 3. The Bertz CT molecular complexity index is 926. The second-order valence-electron chi connectivity index (χ2n) is 6.54. The molecule has 0 aliphatic carbocycles. The SMILES string of the molecule is Cc1ccc(CNC(=O)c2cc(CC3SC(=O)NC3=O)ccc2O)cc1C. The fourth-order valence-corrected chi connectivity index (χ4v) is 3.68. The van der Waals surface area contributed by atoms with Gasteiger partial charge in [-0.3, -0.25) is 19.7 Å². The van der Waals surface area contributed by atoms with Crippen LogP contribution in [-0.4, -0.2) is 27.4 Å². The van der Waals surface area contributed by atoms with Crippen LogP contribution in [0.5, 0.6) is 5.75 Å². The number of carbonyl (C=O) groups is 3. The monoisotopic (exact) mass is 384 g/mol. The van der Waals surface area contributed by atoms with Crippen molar-refractivity contribution >= 4 is 28.8 Å². The lowest BCUT2D eigenvalue weighted by Crippen LogP contribution is -2.26. The molecule has 140 valence electrons. The van der Waals surface area contributed by atoms with Crippen LogP contribution in [0, 0.1) is 13.8 Å². The van der Waals surface area contributed by atoms with Crippen molar-refractivity contribution in [3.05, 3.63) is 64.2 Å². The Kier molecular flexibility index (Phi) is 5.51. The highest BCUT2D eigenvalue weighted by Crippen LogP contribution is 2.25. The van der Waals surface area contributed by atoms with Crippen molar-refractivity contribution in [3.8, 4) is 5.75 Å². The van der Waals surface area contributed by atoms with Crippen LogP contribution in [0.1, 0.15) is 32.6 Å². The summed E-state index contributed by atoms with van der Waals surface area (Å²) < 4.78 is 0. The summed E-state index contributed by atoms with van der Waals surface area (Å²) in [5.41, 5.74) is 4.15. The lowest BCUT2D eigenvalue weighted by Gasteiger charge is -2.11. The first-order valence-electron chi connectivity index (χ1n) is 8.51. The number of hydrogen-bond donors (Lipinski definition) is 3. The third-order valence-electron chi connectivity index (χ3n) is 4.52. The minimum Gasteiger partial charge on any atom is -0.507 e. The number of carbonyl (C=O) groups excluding carboxylic acids is 3. The smallest absolute Gasteiger partial charge is 0.286 e. The van der Waals surface area contributed by atoms with Crippen LogP contribution in [0.2, 0.25) is 0 Å². The molecule has 2 aromatic rings. The maximum absolute atomic E-state index is 12.5. The van der Waals surface area contributed by atoms with Gasteiger partial charge in [-0.05, 0) is 54.7 Å². The lowest BCUT2D eigenvalue weighted by atomic mass is 10.0. The van der Waals surface area contributed by atoms with Crippen molar-refractivity contribution in [2.45, 2.75) is 32.1 Å². The van der Waals surface area contributed by atoms with Crippen molar-refractivity contribution in [1.82, 2.24) is 10.6 Å². The van der Waals surface area contributed by atoms with Gasteiger partial charge in [-0.25, -0.2) is 0 Å². The summed E-state index contributed by atoms with van der Waals surface area (Å²) in [7, 11) is 0. The summed E-state index contributed by atoms with van der Waals surface area (Å²) in [6, 6.07) is 10.6. The van der Waals surface area contributed by atoms with Crippen LogP contribution in [-0.2, 0) is 17.8 Å². The van der Waals surface area contributed by atoms with Crippen LogP contribution in [0.4, 0.5) is 4.79 Å². The molecule has 2 aromatic carbocycles. The molecule has 27 heavy (non-hydrogen) atoms. The Morgan fingerprint density at radius 3 is 2.52 bits per heavy atom. The van der Waals surface area contributed by atoms with Gasteiger partial charge in [0.25, 0.3) is 11.1 Å². The number of phenols is 1. The molecule has 0 bridgehead atoms. The fourth-order valence-electron chi connectivity index (χ4n) is 2.82. The van der Waals surface area contributed by atoms with Gasteiger partial charge in [0.1, 0.15) is 5.75 Å². The summed E-state index contributed by atoms with van der Waals surface area (Å²) >= 11 is 0.934. The van der Waals surface area contributed by atoms with Crippen LogP contribution < -0.4 is 10.6 Å². The Morgan fingerprint density at radius 1 is 1.11 bits per heavy atom. The van der Waals surface area contributed by atoms with Crippen molar-refractivity contribution in [1.29, 1.82) is 0 Å². The second-order valence-corrected chi connectivity index (χ2v) is 7.72. The van der Waals surface area contributed by atoms with Crippen LogP contribution in [0.15, 0.2) is 36.4 Å². The summed E-state index contributed by atoms with van der Waals surface area (Å²) in [5.74, 6) is -0.859. The number of thioether (sulfide) groups is 1. The molecule has 6 nitrogen and oxygen atoms in total. The molecule has 3 rings (SSSR count). The zero-order valence-corrected chi connectivity index (χ0v) is 15.9. The molecule has 1 atom stereocenters. The molecule has 0 spiro atoms. The van der Waals surface area contributed by atoms with E-state index >= 15 is 0 Å². The van der Waals surface area contributed by atoms with Crippen molar-refractivity contribution in [2.24, 2.45) is 0 Å². The number of nitrogens with one attached hydrogen (secondary N) is 2. The highest BCUT2D eigenvalue weighted by Gasteiger charge is 2.31. The number of rotatable bonds is 5. The number of imide groups is 1. The first-order valence-corrected chi connectivity index (χ1v) is 9.39. The molecule has 0 radical (unpaired) electrons. The van der Waals surface area contributed by atoms with Gasteiger partial charge in [0.05, 0.1) is 10.8 Å². The average molecular weight is 384 g/mol. The van der Waals surface area contributed by atoms with Crippen molar-refractivity contribution < 1.29 is 19.5 Å². The molecule has 1 heterocycles. The molecule has 0 saturated carbocycles. The maximum atomic E-state index is 12.5. The zero-order valence-electron chi connectivity index (χ0n) is 15.0. The largest absolute Gasteiger partial charge is 0.507 e. The number of aryl methyl sites for hydroxylation is 2. The standard InChI is InChI=1S/C20H20N2O4S/c1-11-3-4-14(7-12(11)2)10-21-18(24)15-8-13(5-6-16(15)23)9-17-19(25)22-20(26)27-17/h3-8,17,23H,9-10H2,1-2H3,(H,21,24)(H,22,25,26). The van der Waals surface area contributed by atoms with Gasteiger partial charge in [-0.15, -0.1) is 0 Å². The summed E-state index contributed by atoms with van der Waals surface area (Å²) in [6.07, 6.45) is 0.306. The Balaban J connectivity index is 1.69. The average Bonchev–Trinajstić information content (AvgIpc) is 2.94. The van der Waals surface area contributed by atoms with Crippen LogP contribution in [0.3, 0.4) is 0 Å². The Labute approximate surface area is 161 Å². The van der Waals surface area contributed by atoms with Gasteiger partial charge in [-0.2, -0.15) is 0 Å². The molecule has 1 aliphatic rings.